The second kappa shape index (κ2) is 7.12. The molecule has 2 aromatic carbocycles. The van der Waals surface area contributed by atoms with Crippen LogP contribution < -0.4 is 10.6 Å². The number of hydrogen-bond acceptors (Lipinski definition) is 2. The zero-order chi connectivity index (χ0) is 16.1. The van der Waals surface area contributed by atoms with E-state index >= 15 is 0 Å². The van der Waals surface area contributed by atoms with Crippen LogP contribution in [-0.4, -0.2) is 12.5 Å². The van der Waals surface area contributed by atoms with Gasteiger partial charge in [0.2, 0.25) is 5.91 Å². The minimum atomic E-state index is 0.0279. The summed E-state index contributed by atoms with van der Waals surface area (Å²) in [4.78, 5) is 12.0. The van der Waals surface area contributed by atoms with Crippen molar-refractivity contribution in [2.75, 3.05) is 17.2 Å². The lowest BCUT2D eigenvalue weighted by Gasteiger charge is -2.10. The fraction of sp³-hybridized carbons (Fsp3) is 0.316. The number of aryl methyl sites for hydroxylation is 4. The molecular formula is C19H24N2O. The van der Waals surface area contributed by atoms with E-state index in [1.54, 1.807) is 0 Å². The van der Waals surface area contributed by atoms with Crippen molar-refractivity contribution in [3.05, 3.63) is 58.7 Å². The molecule has 1 amide bonds. The van der Waals surface area contributed by atoms with Crippen molar-refractivity contribution >= 4 is 17.3 Å². The number of hydrogen-bond donors (Lipinski definition) is 2. The van der Waals surface area contributed by atoms with Crippen molar-refractivity contribution in [1.82, 2.24) is 0 Å². The molecule has 22 heavy (non-hydrogen) atoms. The van der Waals surface area contributed by atoms with Crippen molar-refractivity contribution in [2.24, 2.45) is 0 Å². The molecular weight excluding hydrogens is 272 g/mol. The number of amides is 1. The van der Waals surface area contributed by atoms with E-state index in [4.69, 9.17) is 0 Å². The van der Waals surface area contributed by atoms with Crippen molar-refractivity contribution in [3.8, 4) is 0 Å². The van der Waals surface area contributed by atoms with Gasteiger partial charge in [0.05, 0.1) is 0 Å². The number of carbonyl (C=O) groups excluding carboxylic acids is 1. The summed E-state index contributed by atoms with van der Waals surface area (Å²) in [6.45, 7) is 8.89. The summed E-state index contributed by atoms with van der Waals surface area (Å²) >= 11 is 0. The second-order valence-corrected chi connectivity index (χ2v) is 5.90. The first-order chi connectivity index (χ1) is 10.4. The normalized spacial score (nSPS) is 10.4. The van der Waals surface area contributed by atoms with Crippen LogP contribution in [0.25, 0.3) is 0 Å². The maximum Gasteiger partial charge on any atom is 0.226 e. The van der Waals surface area contributed by atoms with E-state index in [9.17, 15) is 4.79 Å². The summed E-state index contributed by atoms with van der Waals surface area (Å²) in [5, 5.41) is 6.24. The highest BCUT2D eigenvalue weighted by atomic mass is 16.1. The summed E-state index contributed by atoms with van der Waals surface area (Å²) in [5.74, 6) is 0.0279. The fourth-order valence-electron chi connectivity index (χ4n) is 2.44. The number of rotatable bonds is 5. The van der Waals surface area contributed by atoms with Crippen LogP contribution in [0.1, 0.15) is 28.7 Å². The molecule has 0 aromatic heterocycles. The highest BCUT2D eigenvalue weighted by molar-refractivity contribution is 5.91. The monoisotopic (exact) mass is 296 g/mol. The summed E-state index contributed by atoms with van der Waals surface area (Å²) in [6, 6.07) is 12.3. The van der Waals surface area contributed by atoms with Crippen LogP contribution in [0.4, 0.5) is 11.4 Å². The van der Waals surface area contributed by atoms with Gasteiger partial charge in [-0.2, -0.15) is 0 Å². The Labute approximate surface area is 132 Å². The van der Waals surface area contributed by atoms with Crippen molar-refractivity contribution < 1.29 is 4.79 Å². The molecule has 0 radical (unpaired) electrons. The highest BCUT2D eigenvalue weighted by Gasteiger charge is 2.04. The SMILES string of the molecule is Cc1cc(C)cc(NCCC(=O)Nc2ccc(C)c(C)c2)c1. The van der Waals surface area contributed by atoms with E-state index in [0.717, 1.165) is 11.4 Å². The van der Waals surface area contributed by atoms with Crippen LogP contribution >= 0.6 is 0 Å². The Kier molecular flexibility index (Phi) is 5.21. The minimum Gasteiger partial charge on any atom is -0.385 e. The van der Waals surface area contributed by atoms with E-state index < -0.39 is 0 Å². The van der Waals surface area contributed by atoms with Crippen LogP contribution in [-0.2, 0) is 4.79 Å². The smallest absolute Gasteiger partial charge is 0.226 e. The van der Waals surface area contributed by atoms with Gasteiger partial charge in [0.25, 0.3) is 0 Å². The lowest BCUT2D eigenvalue weighted by atomic mass is 10.1. The first-order valence-electron chi connectivity index (χ1n) is 7.63. The van der Waals surface area contributed by atoms with Crippen LogP contribution in [0.2, 0.25) is 0 Å². The van der Waals surface area contributed by atoms with Gasteiger partial charge in [0.1, 0.15) is 0 Å². The Morgan fingerprint density at radius 3 is 2.18 bits per heavy atom. The first-order valence-corrected chi connectivity index (χ1v) is 7.63. The molecule has 0 saturated heterocycles. The predicted molar refractivity (Wildman–Crippen MR) is 93.6 cm³/mol. The van der Waals surface area contributed by atoms with Crippen molar-refractivity contribution in [1.29, 1.82) is 0 Å². The lowest BCUT2D eigenvalue weighted by molar-refractivity contribution is -0.115. The molecule has 3 nitrogen and oxygen atoms in total. The molecule has 0 fully saturated rings. The summed E-state index contributed by atoms with van der Waals surface area (Å²) in [5.41, 5.74) is 6.79. The Hall–Kier alpha value is -2.29. The lowest BCUT2D eigenvalue weighted by Crippen LogP contribution is -2.16. The van der Waals surface area contributed by atoms with Gasteiger partial charge < -0.3 is 10.6 Å². The molecule has 0 aliphatic rings. The molecule has 0 atom stereocenters. The molecule has 0 heterocycles. The maximum atomic E-state index is 12.0. The van der Waals surface area contributed by atoms with Gasteiger partial charge in [-0.15, -0.1) is 0 Å². The summed E-state index contributed by atoms with van der Waals surface area (Å²) in [7, 11) is 0. The molecule has 2 N–H and O–H groups in total. The zero-order valence-corrected chi connectivity index (χ0v) is 13.8. The molecule has 0 aliphatic carbocycles. The minimum absolute atomic E-state index is 0.0279. The molecule has 2 aromatic rings. The molecule has 0 aliphatic heterocycles. The zero-order valence-electron chi connectivity index (χ0n) is 13.8. The molecule has 2 rings (SSSR count). The third-order valence-electron chi connectivity index (χ3n) is 3.69. The van der Waals surface area contributed by atoms with Crippen LogP contribution in [0.5, 0.6) is 0 Å². The third kappa shape index (κ3) is 4.62. The van der Waals surface area contributed by atoms with Crippen molar-refractivity contribution in [2.45, 2.75) is 34.1 Å². The highest BCUT2D eigenvalue weighted by Crippen LogP contribution is 2.15. The molecule has 116 valence electrons. The molecule has 0 unspecified atom stereocenters. The standard InChI is InChI=1S/C19H24N2O/c1-13-9-14(2)11-18(10-13)20-8-7-19(22)21-17-6-5-15(3)16(4)12-17/h5-6,9-12,20H,7-8H2,1-4H3,(H,21,22). The molecule has 0 bridgehead atoms. The van der Waals surface area contributed by atoms with Gasteiger partial charge >= 0.3 is 0 Å². The average Bonchev–Trinajstić information content (AvgIpc) is 2.42. The van der Waals surface area contributed by atoms with Gasteiger partial charge in [-0.05, 0) is 74.2 Å². The van der Waals surface area contributed by atoms with Gasteiger partial charge in [0.15, 0.2) is 0 Å². The summed E-state index contributed by atoms with van der Waals surface area (Å²) in [6.07, 6.45) is 0.444. The van der Waals surface area contributed by atoms with E-state index in [1.807, 2.05) is 25.1 Å². The van der Waals surface area contributed by atoms with E-state index in [1.165, 1.54) is 22.3 Å². The topological polar surface area (TPSA) is 41.1 Å². The van der Waals surface area contributed by atoms with Crippen LogP contribution in [0, 0.1) is 27.7 Å². The number of carbonyl (C=O) groups is 1. The Bertz CT molecular complexity index is 657. The van der Waals surface area contributed by atoms with E-state index in [2.05, 4.69) is 49.6 Å². The molecule has 0 spiro atoms. The third-order valence-corrected chi connectivity index (χ3v) is 3.69. The maximum absolute atomic E-state index is 12.0. The number of benzene rings is 2. The first kappa shape index (κ1) is 16.1. The van der Waals surface area contributed by atoms with Gasteiger partial charge in [-0.3, -0.25) is 4.79 Å². The Balaban J connectivity index is 1.83. The average molecular weight is 296 g/mol. The largest absolute Gasteiger partial charge is 0.385 e. The second-order valence-electron chi connectivity index (χ2n) is 5.90. The molecule has 0 saturated carbocycles. The van der Waals surface area contributed by atoms with Crippen LogP contribution in [0.3, 0.4) is 0 Å². The predicted octanol–water partition coefficient (Wildman–Crippen LogP) is 4.36. The van der Waals surface area contributed by atoms with Crippen molar-refractivity contribution in [3.63, 3.8) is 0 Å². The van der Waals surface area contributed by atoms with E-state index in [-0.39, 0.29) is 5.91 Å². The van der Waals surface area contributed by atoms with Gasteiger partial charge in [0, 0.05) is 24.3 Å². The summed E-state index contributed by atoms with van der Waals surface area (Å²) < 4.78 is 0. The number of nitrogens with one attached hydrogen (secondary N) is 2. The van der Waals surface area contributed by atoms with E-state index in [0.29, 0.717) is 13.0 Å². The van der Waals surface area contributed by atoms with Crippen LogP contribution in [0.15, 0.2) is 36.4 Å². The number of anilines is 2. The Morgan fingerprint density at radius 2 is 1.55 bits per heavy atom. The van der Waals surface area contributed by atoms with Gasteiger partial charge in [-0.25, -0.2) is 0 Å². The van der Waals surface area contributed by atoms with Gasteiger partial charge in [-0.1, -0.05) is 12.1 Å². The Morgan fingerprint density at radius 1 is 0.864 bits per heavy atom. The quantitative estimate of drug-likeness (QED) is 0.860. The fourth-order valence-corrected chi connectivity index (χ4v) is 2.44. The molecule has 3 heteroatoms.